The zero-order valence-corrected chi connectivity index (χ0v) is 6.95. The standard InChI is InChI=1S/C7H12N4O/c1-5-4-6(9)11(3-2-8)7(12)10-5/h4H,2-3,8-9H2,1H3. The molecule has 1 aromatic rings. The second kappa shape index (κ2) is 3.36. The average Bonchev–Trinajstić information content (AvgIpc) is 1.96. The number of aryl methyl sites for hydroxylation is 1. The van der Waals surface area contributed by atoms with Crippen molar-refractivity contribution in [2.24, 2.45) is 5.73 Å². The van der Waals surface area contributed by atoms with Crippen molar-refractivity contribution in [3.63, 3.8) is 0 Å². The molecule has 0 amide bonds. The fourth-order valence-electron chi connectivity index (χ4n) is 1.000. The smallest absolute Gasteiger partial charge is 0.349 e. The monoisotopic (exact) mass is 168 g/mol. The van der Waals surface area contributed by atoms with Gasteiger partial charge in [0.1, 0.15) is 5.82 Å². The molecule has 0 bridgehead atoms. The molecule has 0 saturated heterocycles. The van der Waals surface area contributed by atoms with Crippen LogP contribution in [0.5, 0.6) is 0 Å². The van der Waals surface area contributed by atoms with Gasteiger partial charge in [-0.1, -0.05) is 0 Å². The summed E-state index contributed by atoms with van der Waals surface area (Å²) in [6.45, 7) is 2.53. The van der Waals surface area contributed by atoms with Gasteiger partial charge in [0.05, 0.1) is 0 Å². The Morgan fingerprint density at radius 3 is 2.83 bits per heavy atom. The highest BCUT2D eigenvalue weighted by Gasteiger charge is 2.00. The Balaban J connectivity index is 3.19. The van der Waals surface area contributed by atoms with Gasteiger partial charge in [-0.2, -0.15) is 4.98 Å². The molecule has 4 N–H and O–H groups in total. The summed E-state index contributed by atoms with van der Waals surface area (Å²) in [5.41, 5.74) is 11.2. The number of anilines is 1. The van der Waals surface area contributed by atoms with Crippen LogP contribution in [0, 0.1) is 6.92 Å². The molecule has 0 saturated carbocycles. The molecule has 0 unspecified atom stereocenters. The predicted molar refractivity (Wildman–Crippen MR) is 46.7 cm³/mol. The molecule has 0 aliphatic carbocycles. The van der Waals surface area contributed by atoms with Crippen LogP contribution in [0.25, 0.3) is 0 Å². The molecule has 0 spiro atoms. The quantitative estimate of drug-likeness (QED) is 0.598. The first-order valence-corrected chi connectivity index (χ1v) is 3.69. The summed E-state index contributed by atoms with van der Waals surface area (Å²) >= 11 is 0. The third-order valence-corrected chi connectivity index (χ3v) is 1.52. The van der Waals surface area contributed by atoms with Crippen molar-refractivity contribution in [2.75, 3.05) is 12.3 Å². The van der Waals surface area contributed by atoms with Crippen molar-refractivity contribution in [3.05, 3.63) is 22.2 Å². The molecular formula is C7H12N4O. The maximum Gasteiger partial charge on any atom is 0.349 e. The molecule has 1 aromatic heterocycles. The molecular weight excluding hydrogens is 156 g/mol. The van der Waals surface area contributed by atoms with Crippen LogP contribution in [0.3, 0.4) is 0 Å². The number of hydrogen-bond acceptors (Lipinski definition) is 4. The normalized spacial score (nSPS) is 10.2. The van der Waals surface area contributed by atoms with Crippen LogP contribution in [-0.4, -0.2) is 16.1 Å². The third kappa shape index (κ3) is 1.62. The summed E-state index contributed by atoms with van der Waals surface area (Å²) in [5, 5.41) is 0. The molecule has 1 heterocycles. The van der Waals surface area contributed by atoms with Crippen LogP contribution in [-0.2, 0) is 6.54 Å². The topological polar surface area (TPSA) is 86.9 Å². The average molecular weight is 168 g/mol. The van der Waals surface area contributed by atoms with Gasteiger partial charge in [0.2, 0.25) is 0 Å². The highest BCUT2D eigenvalue weighted by Crippen LogP contribution is 1.98. The van der Waals surface area contributed by atoms with Crippen LogP contribution in [0.1, 0.15) is 5.69 Å². The number of aromatic nitrogens is 2. The van der Waals surface area contributed by atoms with Crippen LogP contribution >= 0.6 is 0 Å². The van der Waals surface area contributed by atoms with E-state index in [9.17, 15) is 4.79 Å². The van der Waals surface area contributed by atoms with E-state index in [-0.39, 0.29) is 5.69 Å². The van der Waals surface area contributed by atoms with Crippen molar-refractivity contribution in [2.45, 2.75) is 13.5 Å². The van der Waals surface area contributed by atoms with Gasteiger partial charge in [-0.3, -0.25) is 4.57 Å². The second-order valence-electron chi connectivity index (χ2n) is 2.55. The lowest BCUT2D eigenvalue weighted by Crippen LogP contribution is -2.28. The predicted octanol–water partition coefficient (Wildman–Crippen LogP) is -0.907. The highest BCUT2D eigenvalue weighted by molar-refractivity contribution is 5.29. The summed E-state index contributed by atoms with van der Waals surface area (Å²) in [5.74, 6) is 0.415. The lowest BCUT2D eigenvalue weighted by molar-refractivity contribution is 0.666. The zero-order valence-electron chi connectivity index (χ0n) is 6.95. The van der Waals surface area contributed by atoms with E-state index in [0.29, 0.717) is 24.6 Å². The van der Waals surface area contributed by atoms with Gasteiger partial charge < -0.3 is 11.5 Å². The van der Waals surface area contributed by atoms with Crippen molar-refractivity contribution in [1.29, 1.82) is 0 Å². The first-order valence-electron chi connectivity index (χ1n) is 3.69. The number of nitrogens with two attached hydrogens (primary N) is 2. The van der Waals surface area contributed by atoms with Gasteiger partial charge in [0.25, 0.3) is 0 Å². The van der Waals surface area contributed by atoms with E-state index in [1.807, 2.05) is 0 Å². The lowest BCUT2D eigenvalue weighted by Gasteiger charge is -2.06. The number of nitrogens with zero attached hydrogens (tertiary/aromatic N) is 2. The SMILES string of the molecule is Cc1cc(N)n(CCN)c(=O)n1. The fraction of sp³-hybridized carbons (Fsp3) is 0.429. The minimum Gasteiger partial charge on any atom is -0.385 e. The van der Waals surface area contributed by atoms with Crippen LogP contribution in [0.15, 0.2) is 10.9 Å². The Bertz CT molecular complexity index is 331. The summed E-state index contributed by atoms with van der Waals surface area (Å²) < 4.78 is 1.35. The second-order valence-corrected chi connectivity index (χ2v) is 2.55. The number of rotatable bonds is 2. The van der Waals surface area contributed by atoms with E-state index in [0.717, 1.165) is 0 Å². The lowest BCUT2D eigenvalue weighted by atomic mass is 10.4. The minimum absolute atomic E-state index is 0.335. The van der Waals surface area contributed by atoms with E-state index in [1.165, 1.54) is 4.57 Å². The van der Waals surface area contributed by atoms with E-state index in [2.05, 4.69) is 4.98 Å². The molecule has 0 fully saturated rings. The Morgan fingerprint density at radius 2 is 2.33 bits per heavy atom. The highest BCUT2D eigenvalue weighted by atomic mass is 16.1. The molecule has 5 nitrogen and oxygen atoms in total. The summed E-state index contributed by atoms with van der Waals surface area (Å²) in [6.07, 6.45) is 0. The molecule has 0 atom stereocenters. The maximum atomic E-state index is 11.2. The minimum atomic E-state index is -0.335. The first-order chi connectivity index (χ1) is 5.65. The van der Waals surface area contributed by atoms with E-state index in [4.69, 9.17) is 11.5 Å². The molecule has 0 aliphatic rings. The van der Waals surface area contributed by atoms with Gasteiger partial charge in [0.15, 0.2) is 0 Å². The Hall–Kier alpha value is -1.36. The summed E-state index contributed by atoms with van der Waals surface area (Å²) in [6, 6.07) is 1.65. The Morgan fingerprint density at radius 1 is 1.67 bits per heavy atom. The van der Waals surface area contributed by atoms with Crippen LogP contribution in [0.2, 0.25) is 0 Å². The fourth-order valence-corrected chi connectivity index (χ4v) is 1.000. The largest absolute Gasteiger partial charge is 0.385 e. The van der Waals surface area contributed by atoms with Gasteiger partial charge in [0, 0.05) is 18.8 Å². The first kappa shape index (κ1) is 8.73. The van der Waals surface area contributed by atoms with Crippen molar-refractivity contribution < 1.29 is 0 Å². The Kier molecular flexibility index (Phi) is 2.44. The van der Waals surface area contributed by atoms with Crippen molar-refractivity contribution >= 4 is 5.82 Å². The van der Waals surface area contributed by atoms with Gasteiger partial charge in [-0.25, -0.2) is 4.79 Å². The van der Waals surface area contributed by atoms with Gasteiger partial charge >= 0.3 is 5.69 Å². The van der Waals surface area contributed by atoms with Crippen molar-refractivity contribution in [3.8, 4) is 0 Å². The summed E-state index contributed by atoms with van der Waals surface area (Å²) in [7, 11) is 0. The van der Waals surface area contributed by atoms with Crippen LogP contribution < -0.4 is 17.2 Å². The van der Waals surface area contributed by atoms with E-state index < -0.39 is 0 Å². The molecule has 0 aliphatic heterocycles. The molecule has 0 aromatic carbocycles. The summed E-state index contributed by atoms with van der Waals surface area (Å²) in [4.78, 5) is 14.9. The van der Waals surface area contributed by atoms with Gasteiger partial charge in [-0.15, -0.1) is 0 Å². The van der Waals surface area contributed by atoms with Gasteiger partial charge in [-0.05, 0) is 13.0 Å². The van der Waals surface area contributed by atoms with Crippen molar-refractivity contribution in [1.82, 2.24) is 9.55 Å². The zero-order chi connectivity index (χ0) is 9.14. The van der Waals surface area contributed by atoms with E-state index in [1.54, 1.807) is 13.0 Å². The molecule has 0 radical (unpaired) electrons. The maximum absolute atomic E-state index is 11.2. The molecule has 12 heavy (non-hydrogen) atoms. The molecule has 66 valence electrons. The number of nitrogen functional groups attached to an aromatic ring is 1. The number of hydrogen-bond donors (Lipinski definition) is 2. The molecule has 5 heteroatoms. The third-order valence-electron chi connectivity index (χ3n) is 1.52. The molecule has 1 rings (SSSR count). The van der Waals surface area contributed by atoms with E-state index >= 15 is 0 Å². The van der Waals surface area contributed by atoms with Crippen LogP contribution in [0.4, 0.5) is 5.82 Å². The Labute approximate surface area is 70.0 Å².